The van der Waals surface area contributed by atoms with E-state index in [9.17, 15) is 0 Å². The van der Waals surface area contributed by atoms with Gasteiger partial charge in [-0.05, 0) is 44.3 Å². The van der Waals surface area contributed by atoms with Gasteiger partial charge in [0.05, 0.1) is 18.0 Å². The van der Waals surface area contributed by atoms with Crippen molar-refractivity contribution >= 4 is 0 Å². The molecule has 1 fully saturated rings. The second-order valence-electron chi connectivity index (χ2n) is 6.95. The second kappa shape index (κ2) is 8.50. The second-order valence-corrected chi connectivity index (χ2v) is 6.95. The molecule has 5 nitrogen and oxygen atoms in total. The van der Waals surface area contributed by atoms with Crippen LogP contribution in [0.2, 0.25) is 0 Å². The molecule has 1 saturated carbocycles. The Hall–Kier alpha value is -1.85. The number of benzene rings is 1. The number of nitrogens with zero attached hydrogens (tertiary/aromatic N) is 2. The summed E-state index contributed by atoms with van der Waals surface area (Å²) in [5.41, 5.74) is 3.47. The van der Waals surface area contributed by atoms with E-state index in [0.29, 0.717) is 6.10 Å². The van der Waals surface area contributed by atoms with Crippen molar-refractivity contribution in [2.45, 2.75) is 51.4 Å². The fourth-order valence-corrected chi connectivity index (χ4v) is 3.18. The third kappa shape index (κ3) is 4.61. The van der Waals surface area contributed by atoms with E-state index in [1.165, 1.54) is 18.4 Å². The zero-order chi connectivity index (χ0) is 17.6. The molecular formula is C20H29N3O2. The van der Waals surface area contributed by atoms with E-state index in [1.807, 2.05) is 18.3 Å². The molecule has 2 aromatic rings. The zero-order valence-electron chi connectivity index (χ0n) is 15.5. The van der Waals surface area contributed by atoms with E-state index in [1.54, 1.807) is 7.11 Å². The third-order valence-corrected chi connectivity index (χ3v) is 4.88. The smallest absolute Gasteiger partial charge is 0.119 e. The molecular weight excluding hydrogens is 314 g/mol. The van der Waals surface area contributed by atoms with Crippen LogP contribution in [0.25, 0.3) is 11.3 Å². The number of rotatable bonds is 9. The van der Waals surface area contributed by atoms with E-state index in [2.05, 4.69) is 41.2 Å². The van der Waals surface area contributed by atoms with Crippen molar-refractivity contribution in [3.63, 3.8) is 0 Å². The molecule has 0 amide bonds. The maximum absolute atomic E-state index is 5.98. The van der Waals surface area contributed by atoms with Crippen molar-refractivity contribution in [1.29, 1.82) is 0 Å². The molecule has 1 aliphatic carbocycles. The van der Waals surface area contributed by atoms with Gasteiger partial charge in [-0.3, -0.25) is 5.10 Å². The number of unbranched alkanes of at least 4 members (excludes halogenated alkanes) is 1. The molecule has 25 heavy (non-hydrogen) atoms. The Kier molecular flexibility index (Phi) is 6.10. The quantitative estimate of drug-likeness (QED) is 0.751. The lowest BCUT2D eigenvalue weighted by molar-refractivity contribution is -0.0380. The molecule has 0 radical (unpaired) electrons. The number of hydrogen-bond donors (Lipinski definition) is 1. The Morgan fingerprint density at radius 2 is 1.96 bits per heavy atom. The first-order chi connectivity index (χ1) is 12.2. The average Bonchev–Trinajstić information content (AvgIpc) is 3.04. The molecule has 3 rings (SSSR count). The maximum atomic E-state index is 5.98. The molecule has 1 aromatic carbocycles. The molecule has 0 unspecified atom stereocenters. The molecule has 0 spiro atoms. The zero-order valence-corrected chi connectivity index (χ0v) is 15.5. The SMILES string of the molecule is CCCCN(C)Cc1cn[nH]c1-c1ccc(OC2CC(OC)C2)cc1. The van der Waals surface area contributed by atoms with E-state index in [0.717, 1.165) is 42.9 Å². The minimum atomic E-state index is 0.283. The number of ether oxygens (including phenoxy) is 2. The minimum absolute atomic E-state index is 0.283. The van der Waals surface area contributed by atoms with E-state index >= 15 is 0 Å². The first-order valence-corrected chi connectivity index (χ1v) is 9.20. The summed E-state index contributed by atoms with van der Waals surface area (Å²) in [6, 6.07) is 8.29. The normalized spacial score (nSPS) is 19.8. The highest BCUT2D eigenvalue weighted by atomic mass is 16.5. The van der Waals surface area contributed by atoms with Crippen molar-refractivity contribution in [1.82, 2.24) is 15.1 Å². The predicted octanol–water partition coefficient (Wildman–Crippen LogP) is 3.86. The van der Waals surface area contributed by atoms with Gasteiger partial charge in [0.15, 0.2) is 0 Å². The van der Waals surface area contributed by atoms with Crippen molar-refractivity contribution < 1.29 is 9.47 Å². The number of methoxy groups -OCH3 is 1. The molecule has 136 valence electrons. The van der Waals surface area contributed by atoms with Gasteiger partial charge >= 0.3 is 0 Å². The van der Waals surface area contributed by atoms with Crippen LogP contribution in [-0.2, 0) is 11.3 Å². The van der Waals surface area contributed by atoms with Crippen molar-refractivity contribution in [2.75, 3.05) is 20.7 Å². The van der Waals surface area contributed by atoms with E-state index in [-0.39, 0.29) is 6.10 Å². The number of nitrogens with one attached hydrogen (secondary N) is 1. The number of aromatic nitrogens is 2. The van der Waals surface area contributed by atoms with Crippen LogP contribution in [0.4, 0.5) is 0 Å². The highest BCUT2D eigenvalue weighted by molar-refractivity contribution is 5.63. The highest BCUT2D eigenvalue weighted by Crippen LogP contribution is 2.29. The maximum Gasteiger partial charge on any atom is 0.119 e. The van der Waals surface area contributed by atoms with Gasteiger partial charge in [0.25, 0.3) is 0 Å². The first-order valence-electron chi connectivity index (χ1n) is 9.20. The molecule has 0 aliphatic heterocycles. The third-order valence-electron chi connectivity index (χ3n) is 4.88. The van der Waals surface area contributed by atoms with Gasteiger partial charge in [0, 0.05) is 37.6 Å². The van der Waals surface area contributed by atoms with Gasteiger partial charge in [-0.15, -0.1) is 0 Å². The molecule has 1 aromatic heterocycles. The van der Waals surface area contributed by atoms with E-state index < -0.39 is 0 Å². The lowest BCUT2D eigenvalue weighted by atomic mass is 9.92. The lowest BCUT2D eigenvalue weighted by Crippen LogP contribution is -2.38. The van der Waals surface area contributed by atoms with Gasteiger partial charge in [0.2, 0.25) is 0 Å². The Morgan fingerprint density at radius 1 is 1.20 bits per heavy atom. The Labute approximate surface area is 150 Å². The Balaban J connectivity index is 1.60. The number of H-pyrrole nitrogens is 1. The molecule has 0 bridgehead atoms. The van der Waals surface area contributed by atoms with Crippen LogP contribution in [0.5, 0.6) is 5.75 Å². The first kappa shape index (κ1) is 18.0. The molecule has 1 aliphatic rings. The minimum Gasteiger partial charge on any atom is -0.490 e. The van der Waals surface area contributed by atoms with Gasteiger partial charge in [-0.2, -0.15) is 5.10 Å². The summed E-state index contributed by atoms with van der Waals surface area (Å²) in [6.07, 6.45) is 6.98. The van der Waals surface area contributed by atoms with Crippen LogP contribution < -0.4 is 4.74 Å². The highest BCUT2D eigenvalue weighted by Gasteiger charge is 2.30. The number of hydrogen-bond acceptors (Lipinski definition) is 4. The lowest BCUT2D eigenvalue weighted by Gasteiger charge is -2.34. The molecule has 5 heteroatoms. The van der Waals surface area contributed by atoms with Crippen LogP contribution in [0.3, 0.4) is 0 Å². The summed E-state index contributed by atoms with van der Waals surface area (Å²) in [7, 11) is 3.92. The van der Waals surface area contributed by atoms with Gasteiger partial charge in [-0.1, -0.05) is 13.3 Å². The summed E-state index contributed by atoms with van der Waals surface area (Å²) in [5, 5.41) is 7.39. The number of aromatic amines is 1. The fraction of sp³-hybridized carbons (Fsp3) is 0.550. The summed E-state index contributed by atoms with van der Waals surface area (Å²) < 4.78 is 11.3. The van der Waals surface area contributed by atoms with Crippen molar-refractivity contribution in [3.8, 4) is 17.0 Å². The Bertz CT molecular complexity index is 647. The molecule has 1 N–H and O–H groups in total. The summed E-state index contributed by atoms with van der Waals surface area (Å²) in [4.78, 5) is 2.35. The molecule has 0 atom stereocenters. The van der Waals surface area contributed by atoms with Crippen LogP contribution in [-0.4, -0.2) is 48.0 Å². The van der Waals surface area contributed by atoms with Gasteiger partial charge < -0.3 is 14.4 Å². The predicted molar refractivity (Wildman–Crippen MR) is 99.7 cm³/mol. The average molecular weight is 343 g/mol. The van der Waals surface area contributed by atoms with Crippen LogP contribution in [0.15, 0.2) is 30.5 Å². The van der Waals surface area contributed by atoms with Gasteiger partial charge in [0.1, 0.15) is 11.9 Å². The van der Waals surface area contributed by atoms with Crippen LogP contribution in [0, 0.1) is 0 Å². The largest absolute Gasteiger partial charge is 0.490 e. The van der Waals surface area contributed by atoms with E-state index in [4.69, 9.17) is 9.47 Å². The van der Waals surface area contributed by atoms with Gasteiger partial charge in [-0.25, -0.2) is 0 Å². The van der Waals surface area contributed by atoms with Crippen LogP contribution >= 0.6 is 0 Å². The summed E-state index contributed by atoms with van der Waals surface area (Å²) in [6.45, 7) is 4.24. The summed E-state index contributed by atoms with van der Waals surface area (Å²) >= 11 is 0. The van der Waals surface area contributed by atoms with Crippen molar-refractivity contribution in [3.05, 3.63) is 36.0 Å². The van der Waals surface area contributed by atoms with Crippen molar-refractivity contribution in [2.24, 2.45) is 0 Å². The molecule has 0 saturated heterocycles. The monoisotopic (exact) mass is 343 g/mol. The fourth-order valence-electron chi connectivity index (χ4n) is 3.18. The Morgan fingerprint density at radius 3 is 2.64 bits per heavy atom. The molecule has 1 heterocycles. The summed E-state index contributed by atoms with van der Waals surface area (Å²) in [5.74, 6) is 0.921. The topological polar surface area (TPSA) is 50.4 Å². The standard InChI is InChI=1S/C20H29N3O2/c1-4-5-10-23(2)14-16-13-21-22-20(16)15-6-8-17(9-7-15)25-19-11-18(12-19)24-3/h6-9,13,18-19H,4-5,10-12,14H2,1-3H3,(H,21,22). The van der Waals surface area contributed by atoms with Crippen LogP contribution in [0.1, 0.15) is 38.2 Å².